The second-order valence-electron chi connectivity index (χ2n) is 10.2. The van der Waals surface area contributed by atoms with E-state index in [0.717, 1.165) is 0 Å². The van der Waals surface area contributed by atoms with Crippen LogP contribution >= 0.6 is 0 Å². The number of rotatable bonds is 6. The molecule has 0 amide bonds. The molecule has 4 aliphatic heterocycles. The van der Waals surface area contributed by atoms with Crippen molar-refractivity contribution >= 4 is 5.97 Å². The van der Waals surface area contributed by atoms with Gasteiger partial charge in [0.1, 0.15) is 42.2 Å². The van der Waals surface area contributed by atoms with E-state index in [0.29, 0.717) is 5.56 Å². The van der Waals surface area contributed by atoms with E-state index in [9.17, 15) is 30.3 Å². The van der Waals surface area contributed by atoms with Gasteiger partial charge >= 0.3 is 5.97 Å². The molecule has 0 aromatic heterocycles. The van der Waals surface area contributed by atoms with Crippen LogP contribution in [0.3, 0.4) is 0 Å². The van der Waals surface area contributed by atoms with Gasteiger partial charge in [-0.3, -0.25) is 0 Å². The van der Waals surface area contributed by atoms with Crippen LogP contribution in [0.25, 0.3) is 0 Å². The maximum Gasteiger partial charge on any atom is 0.338 e. The summed E-state index contributed by atoms with van der Waals surface area (Å²) in [7, 11) is 0. The molecule has 6 bridgehead atoms. The lowest BCUT2D eigenvalue weighted by Gasteiger charge is -2.67. The Labute approximate surface area is 194 Å². The highest BCUT2D eigenvalue weighted by atomic mass is 16.8. The lowest BCUT2D eigenvalue weighted by atomic mass is 9.41. The van der Waals surface area contributed by atoms with Gasteiger partial charge in [0.25, 0.3) is 0 Å². The van der Waals surface area contributed by atoms with Crippen molar-refractivity contribution in [3.63, 3.8) is 0 Å². The molecule has 0 unspecified atom stereocenters. The van der Waals surface area contributed by atoms with E-state index in [2.05, 4.69) is 0 Å². The number of carbonyl (C=O) groups excluding carboxylic acids is 1. The highest BCUT2D eigenvalue weighted by Gasteiger charge is 2.94. The Hall–Kier alpha value is -1.67. The monoisotopic (exact) mass is 480 g/mol. The summed E-state index contributed by atoms with van der Waals surface area (Å²) in [6, 6.07) is 8.47. The van der Waals surface area contributed by atoms with Crippen molar-refractivity contribution in [2.75, 3.05) is 13.2 Å². The fourth-order valence-corrected chi connectivity index (χ4v) is 6.87. The van der Waals surface area contributed by atoms with E-state index < -0.39 is 77.9 Å². The molecule has 7 aliphatic rings. The van der Waals surface area contributed by atoms with E-state index >= 15 is 0 Å². The topological polar surface area (TPSA) is 164 Å². The quantitative estimate of drug-likeness (QED) is 0.306. The fourth-order valence-electron chi connectivity index (χ4n) is 6.87. The van der Waals surface area contributed by atoms with Crippen molar-refractivity contribution in [3.05, 3.63) is 35.9 Å². The van der Waals surface area contributed by atoms with Gasteiger partial charge in [-0.1, -0.05) is 18.2 Å². The third-order valence-electron chi connectivity index (χ3n) is 8.57. The molecule has 11 nitrogen and oxygen atoms in total. The van der Waals surface area contributed by atoms with E-state index in [1.807, 2.05) is 0 Å². The van der Waals surface area contributed by atoms with Gasteiger partial charge in [-0.25, -0.2) is 4.79 Å². The Bertz CT molecular complexity index is 988. The molecule has 0 spiro atoms. The second kappa shape index (κ2) is 7.19. The molecular weight excluding hydrogens is 452 g/mol. The maximum atomic E-state index is 12.7. The number of aliphatic hydroxyl groups excluding tert-OH is 4. The normalized spacial score (nSPS) is 52.5. The predicted molar refractivity (Wildman–Crippen MR) is 109 cm³/mol. The van der Waals surface area contributed by atoms with Crippen LogP contribution < -0.4 is 0 Å². The first-order chi connectivity index (χ1) is 16.1. The lowest BCUT2D eigenvalue weighted by molar-refractivity contribution is -0.424. The van der Waals surface area contributed by atoms with Gasteiger partial charge in [0.05, 0.1) is 17.6 Å². The molecule has 1 aromatic carbocycles. The van der Waals surface area contributed by atoms with Crippen molar-refractivity contribution in [3.8, 4) is 0 Å². The molecule has 1 aromatic rings. The van der Waals surface area contributed by atoms with E-state index in [1.54, 1.807) is 37.3 Å². The van der Waals surface area contributed by atoms with Crippen molar-refractivity contribution < 1.29 is 54.0 Å². The molecule has 8 rings (SSSR count). The van der Waals surface area contributed by atoms with Gasteiger partial charge in [0.2, 0.25) is 0 Å². The first-order valence-electron chi connectivity index (χ1n) is 11.4. The van der Waals surface area contributed by atoms with Gasteiger partial charge in [-0.15, -0.1) is 0 Å². The highest BCUT2D eigenvalue weighted by Crippen LogP contribution is 2.81. The summed E-state index contributed by atoms with van der Waals surface area (Å²) >= 11 is 0. The summed E-state index contributed by atoms with van der Waals surface area (Å²) in [5.74, 6) is -2.49. The Kier molecular flexibility index (Phi) is 4.81. The Balaban J connectivity index is 1.32. The van der Waals surface area contributed by atoms with Crippen LogP contribution in [0.1, 0.15) is 30.1 Å². The fraction of sp³-hybridized carbons (Fsp3) is 0.696. The lowest BCUT2D eigenvalue weighted by Crippen LogP contribution is -2.80. The standard InChI is InChI=1S/C23H28O11/c1-20-9-22(29)13-7-23(20,32-18-16(27)15(26)14(25)12(8-24)31-18)21(13,19(33-20)34-22)10-30-17(28)11-5-3-2-4-6-11/h2-6,12-16,18-19,24-27,29H,7-10H2,1H3/t12-,13-,14-,15+,16-,18-,19+,20+,21-,22-,23+/m0/s1. The Morgan fingerprint density at radius 2 is 1.85 bits per heavy atom. The minimum atomic E-state index is -1.61. The number of hydrogen-bond acceptors (Lipinski definition) is 11. The van der Waals surface area contributed by atoms with Crippen LogP contribution in [0.4, 0.5) is 0 Å². The molecule has 186 valence electrons. The maximum absolute atomic E-state index is 12.7. The average molecular weight is 480 g/mol. The number of ether oxygens (including phenoxy) is 5. The van der Waals surface area contributed by atoms with Crippen LogP contribution in [0.2, 0.25) is 0 Å². The minimum Gasteiger partial charge on any atom is -0.461 e. The van der Waals surface area contributed by atoms with Crippen LogP contribution in [-0.2, 0) is 23.7 Å². The molecule has 0 radical (unpaired) electrons. The smallest absolute Gasteiger partial charge is 0.338 e. The van der Waals surface area contributed by atoms with Gasteiger partial charge in [0, 0.05) is 12.3 Å². The summed E-state index contributed by atoms with van der Waals surface area (Å²) < 4.78 is 29.7. The zero-order valence-electron chi connectivity index (χ0n) is 18.4. The average Bonchev–Trinajstić information content (AvgIpc) is 3.00. The van der Waals surface area contributed by atoms with Crippen molar-refractivity contribution in [2.24, 2.45) is 11.3 Å². The van der Waals surface area contributed by atoms with Crippen LogP contribution in [-0.4, -0.2) is 98.7 Å². The zero-order chi connectivity index (χ0) is 24.1. The highest BCUT2D eigenvalue weighted by molar-refractivity contribution is 5.89. The van der Waals surface area contributed by atoms with E-state index in [1.165, 1.54) is 0 Å². The molecule has 34 heavy (non-hydrogen) atoms. The van der Waals surface area contributed by atoms with Crippen molar-refractivity contribution in [2.45, 2.75) is 73.8 Å². The zero-order valence-corrected chi connectivity index (χ0v) is 18.4. The Morgan fingerprint density at radius 3 is 2.56 bits per heavy atom. The second-order valence-corrected chi connectivity index (χ2v) is 10.2. The number of aliphatic hydroxyl groups is 5. The van der Waals surface area contributed by atoms with Crippen LogP contribution in [0.5, 0.6) is 0 Å². The summed E-state index contributed by atoms with van der Waals surface area (Å²) in [5.41, 5.74) is -2.99. The Morgan fingerprint density at radius 1 is 1.12 bits per heavy atom. The van der Waals surface area contributed by atoms with Crippen molar-refractivity contribution in [1.82, 2.24) is 0 Å². The largest absolute Gasteiger partial charge is 0.461 e. The van der Waals surface area contributed by atoms with Gasteiger partial charge in [0.15, 0.2) is 18.4 Å². The van der Waals surface area contributed by atoms with E-state index in [4.69, 9.17) is 23.7 Å². The van der Waals surface area contributed by atoms with Crippen LogP contribution in [0.15, 0.2) is 30.3 Å². The molecule has 7 fully saturated rings. The molecule has 5 N–H and O–H groups in total. The van der Waals surface area contributed by atoms with Crippen LogP contribution in [0, 0.1) is 11.3 Å². The summed E-state index contributed by atoms with van der Waals surface area (Å²) in [5, 5.41) is 51.7. The summed E-state index contributed by atoms with van der Waals surface area (Å²) in [4.78, 5) is 12.7. The van der Waals surface area contributed by atoms with Gasteiger partial charge < -0.3 is 49.2 Å². The first-order valence-corrected chi connectivity index (χ1v) is 11.4. The molecule has 11 heteroatoms. The first kappa shape index (κ1) is 22.8. The van der Waals surface area contributed by atoms with Crippen molar-refractivity contribution in [1.29, 1.82) is 0 Å². The molecule has 3 aliphatic carbocycles. The molecule has 4 heterocycles. The number of benzene rings is 1. The minimum absolute atomic E-state index is 0.0902. The van der Waals surface area contributed by atoms with Gasteiger partial charge in [-0.05, 0) is 25.5 Å². The summed E-state index contributed by atoms with van der Waals surface area (Å²) in [6.45, 7) is 0.985. The number of hydrogen-bond donors (Lipinski definition) is 5. The van der Waals surface area contributed by atoms with Gasteiger partial charge in [-0.2, -0.15) is 0 Å². The van der Waals surface area contributed by atoms with E-state index in [-0.39, 0.29) is 19.4 Å². The SMILES string of the molecule is C[C@]12C[C@]3(O)O[C@@H](O1)[C@]1(COC(=O)c4ccccc4)[C@@H]3C[C@]12O[C@@H]1O[C@@H](CO)[C@H](O)[C@@H](O)[C@@H]1O. The molecule has 4 saturated heterocycles. The third kappa shape index (κ3) is 2.59. The summed E-state index contributed by atoms with van der Waals surface area (Å²) in [6.07, 6.45) is -7.87. The predicted octanol–water partition coefficient (Wildman–Crippen LogP) is -1.36. The molecule has 3 saturated carbocycles. The molecule has 11 atom stereocenters. The number of esters is 1. The third-order valence-corrected chi connectivity index (χ3v) is 8.57. The molecular formula is C23H28O11. The number of carbonyl (C=O) groups is 1.